The minimum absolute atomic E-state index is 0.281. The van der Waals surface area contributed by atoms with E-state index in [0.717, 1.165) is 23.6 Å². The molecule has 3 heteroatoms. The summed E-state index contributed by atoms with van der Waals surface area (Å²) in [4.78, 5) is 0. The van der Waals surface area contributed by atoms with Gasteiger partial charge in [-0.1, -0.05) is 66.7 Å². The van der Waals surface area contributed by atoms with Crippen molar-refractivity contribution in [2.75, 3.05) is 18.5 Å². The van der Waals surface area contributed by atoms with Gasteiger partial charge in [-0.05, 0) is 54.2 Å². The molecular formula is C27H27NO2. The van der Waals surface area contributed by atoms with Crippen LogP contribution in [0.3, 0.4) is 0 Å². The van der Waals surface area contributed by atoms with Gasteiger partial charge in [-0.15, -0.1) is 0 Å². The molecule has 0 amide bonds. The molecule has 3 atom stereocenters. The Morgan fingerprint density at radius 1 is 0.833 bits per heavy atom. The van der Waals surface area contributed by atoms with Crippen LogP contribution in [0.25, 0.3) is 0 Å². The molecule has 1 N–H and O–H groups in total. The Bertz CT molecular complexity index is 1040. The molecule has 3 unspecified atom stereocenters. The SMILES string of the molecule is Cc1ccccc1C1Nc2c(OCCOc3ccccc3)cccc2C2C=CCC21. The van der Waals surface area contributed by atoms with Crippen LogP contribution in [0.4, 0.5) is 5.69 Å². The van der Waals surface area contributed by atoms with Gasteiger partial charge in [-0.25, -0.2) is 0 Å². The van der Waals surface area contributed by atoms with Gasteiger partial charge in [-0.3, -0.25) is 0 Å². The van der Waals surface area contributed by atoms with Gasteiger partial charge in [0, 0.05) is 5.92 Å². The van der Waals surface area contributed by atoms with Gasteiger partial charge in [0.15, 0.2) is 0 Å². The van der Waals surface area contributed by atoms with Gasteiger partial charge >= 0.3 is 0 Å². The van der Waals surface area contributed by atoms with Crippen molar-refractivity contribution in [3.63, 3.8) is 0 Å². The second kappa shape index (κ2) is 8.27. The summed E-state index contributed by atoms with van der Waals surface area (Å²) >= 11 is 0. The molecule has 0 bridgehead atoms. The Morgan fingerprint density at radius 3 is 2.47 bits per heavy atom. The Hall–Kier alpha value is -3.20. The fourth-order valence-electron chi connectivity index (χ4n) is 4.78. The van der Waals surface area contributed by atoms with Crippen molar-refractivity contribution in [2.24, 2.45) is 5.92 Å². The number of benzene rings is 3. The molecule has 2 aliphatic rings. The van der Waals surface area contributed by atoms with E-state index in [1.54, 1.807) is 0 Å². The van der Waals surface area contributed by atoms with E-state index in [0.29, 0.717) is 25.0 Å². The molecule has 0 spiro atoms. The molecule has 1 heterocycles. The van der Waals surface area contributed by atoms with Crippen LogP contribution >= 0.6 is 0 Å². The second-order valence-corrected chi connectivity index (χ2v) is 8.06. The highest BCUT2D eigenvalue weighted by atomic mass is 16.5. The average molecular weight is 398 g/mol. The zero-order chi connectivity index (χ0) is 20.3. The molecule has 5 rings (SSSR count). The molecule has 30 heavy (non-hydrogen) atoms. The molecule has 3 aromatic rings. The van der Waals surface area contributed by atoms with Gasteiger partial charge in [0.2, 0.25) is 0 Å². The van der Waals surface area contributed by atoms with Crippen LogP contribution in [0.1, 0.15) is 35.1 Å². The van der Waals surface area contributed by atoms with Crippen LogP contribution < -0.4 is 14.8 Å². The number of anilines is 1. The van der Waals surface area contributed by atoms with Gasteiger partial charge < -0.3 is 14.8 Å². The van der Waals surface area contributed by atoms with Crippen molar-refractivity contribution in [1.29, 1.82) is 0 Å². The van der Waals surface area contributed by atoms with Crippen molar-refractivity contribution in [3.05, 3.63) is 102 Å². The topological polar surface area (TPSA) is 30.5 Å². The quantitative estimate of drug-likeness (QED) is 0.392. The lowest BCUT2D eigenvalue weighted by Crippen LogP contribution is -2.30. The highest BCUT2D eigenvalue weighted by Crippen LogP contribution is 2.52. The summed E-state index contributed by atoms with van der Waals surface area (Å²) in [6.07, 6.45) is 5.81. The first-order chi connectivity index (χ1) is 14.8. The third-order valence-electron chi connectivity index (χ3n) is 6.23. The summed E-state index contributed by atoms with van der Waals surface area (Å²) in [5, 5.41) is 3.85. The van der Waals surface area contributed by atoms with Gasteiger partial charge in [-0.2, -0.15) is 0 Å². The molecule has 1 aliphatic heterocycles. The lowest BCUT2D eigenvalue weighted by Gasteiger charge is -2.38. The van der Waals surface area contributed by atoms with Crippen LogP contribution in [0.5, 0.6) is 11.5 Å². The van der Waals surface area contributed by atoms with Crippen LogP contribution in [0.2, 0.25) is 0 Å². The van der Waals surface area contributed by atoms with Crippen molar-refractivity contribution in [2.45, 2.75) is 25.3 Å². The molecule has 152 valence electrons. The number of ether oxygens (including phenoxy) is 2. The third kappa shape index (κ3) is 3.56. The summed E-state index contributed by atoms with van der Waals surface area (Å²) in [5.41, 5.74) is 5.17. The number of aryl methyl sites for hydroxylation is 1. The standard InChI is InChI=1S/C27H27NO2/c1-19-9-5-6-12-21(19)26-23-14-7-13-22(23)24-15-8-16-25(27(24)28-26)30-18-17-29-20-10-3-2-4-11-20/h2-13,15-16,22-23,26,28H,14,17-18H2,1H3. The number of fused-ring (bicyclic) bond motifs is 3. The van der Waals surface area contributed by atoms with Crippen LogP contribution in [0, 0.1) is 12.8 Å². The number of rotatable bonds is 6. The van der Waals surface area contributed by atoms with Crippen molar-refractivity contribution in [1.82, 2.24) is 0 Å². The molecular weight excluding hydrogens is 370 g/mol. The fraction of sp³-hybridized carbons (Fsp3) is 0.259. The highest BCUT2D eigenvalue weighted by Gasteiger charge is 2.39. The van der Waals surface area contributed by atoms with E-state index in [1.807, 2.05) is 30.3 Å². The smallest absolute Gasteiger partial charge is 0.142 e. The summed E-state index contributed by atoms with van der Waals surface area (Å²) in [7, 11) is 0. The number of para-hydroxylation sites is 2. The van der Waals surface area contributed by atoms with Crippen LogP contribution in [-0.4, -0.2) is 13.2 Å². The van der Waals surface area contributed by atoms with Crippen LogP contribution in [0.15, 0.2) is 84.9 Å². The van der Waals surface area contributed by atoms with E-state index in [-0.39, 0.29) is 6.04 Å². The Morgan fingerprint density at radius 2 is 1.60 bits per heavy atom. The number of allylic oxidation sites excluding steroid dienone is 2. The largest absolute Gasteiger partial charge is 0.490 e. The first-order valence-electron chi connectivity index (χ1n) is 10.7. The molecule has 0 aromatic heterocycles. The molecule has 0 radical (unpaired) electrons. The molecule has 0 saturated carbocycles. The normalized spacial score (nSPS) is 21.4. The molecule has 3 aromatic carbocycles. The molecule has 1 aliphatic carbocycles. The third-order valence-corrected chi connectivity index (χ3v) is 6.23. The summed E-state index contributed by atoms with van der Waals surface area (Å²) in [5.74, 6) is 2.74. The second-order valence-electron chi connectivity index (χ2n) is 8.06. The van der Waals surface area contributed by atoms with Gasteiger partial charge in [0.05, 0.1) is 11.7 Å². The Labute approximate surface area is 178 Å². The first-order valence-corrected chi connectivity index (χ1v) is 10.7. The van der Waals surface area contributed by atoms with E-state index in [2.05, 4.69) is 66.9 Å². The maximum atomic E-state index is 6.18. The zero-order valence-corrected chi connectivity index (χ0v) is 17.3. The lowest BCUT2D eigenvalue weighted by atomic mass is 9.76. The zero-order valence-electron chi connectivity index (χ0n) is 17.3. The van der Waals surface area contributed by atoms with Crippen LogP contribution in [-0.2, 0) is 0 Å². The maximum absolute atomic E-state index is 6.18. The minimum Gasteiger partial charge on any atom is -0.490 e. The number of nitrogens with one attached hydrogen (secondary N) is 1. The Balaban J connectivity index is 1.37. The van der Waals surface area contributed by atoms with Gasteiger partial charge in [0.25, 0.3) is 0 Å². The van der Waals surface area contributed by atoms with Crippen molar-refractivity contribution in [3.8, 4) is 11.5 Å². The lowest BCUT2D eigenvalue weighted by molar-refractivity contribution is 0.217. The van der Waals surface area contributed by atoms with E-state index < -0.39 is 0 Å². The Kier molecular flexibility index (Phi) is 5.18. The van der Waals surface area contributed by atoms with E-state index in [9.17, 15) is 0 Å². The predicted octanol–water partition coefficient (Wildman–Crippen LogP) is 6.28. The summed E-state index contributed by atoms with van der Waals surface area (Å²) < 4.78 is 12.0. The van der Waals surface area contributed by atoms with E-state index >= 15 is 0 Å². The molecule has 0 saturated heterocycles. The molecule has 0 fully saturated rings. The highest BCUT2D eigenvalue weighted by molar-refractivity contribution is 5.68. The monoisotopic (exact) mass is 397 g/mol. The predicted molar refractivity (Wildman–Crippen MR) is 121 cm³/mol. The summed E-state index contributed by atoms with van der Waals surface area (Å²) in [6.45, 7) is 3.22. The average Bonchev–Trinajstić information content (AvgIpc) is 3.28. The minimum atomic E-state index is 0.281. The summed E-state index contributed by atoms with van der Waals surface area (Å²) in [6, 6.07) is 25.3. The fourth-order valence-corrected chi connectivity index (χ4v) is 4.78. The number of hydrogen-bond acceptors (Lipinski definition) is 3. The first kappa shape index (κ1) is 18.8. The number of hydrogen-bond donors (Lipinski definition) is 1. The molecule has 3 nitrogen and oxygen atoms in total. The van der Waals surface area contributed by atoms with Gasteiger partial charge in [0.1, 0.15) is 24.7 Å². The van der Waals surface area contributed by atoms with E-state index in [1.165, 1.54) is 16.7 Å². The van der Waals surface area contributed by atoms with E-state index in [4.69, 9.17) is 9.47 Å². The van der Waals surface area contributed by atoms with Crippen molar-refractivity contribution < 1.29 is 9.47 Å². The maximum Gasteiger partial charge on any atom is 0.142 e. The van der Waals surface area contributed by atoms with Crippen molar-refractivity contribution >= 4 is 5.69 Å².